The van der Waals surface area contributed by atoms with Gasteiger partial charge in [0.05, 0.1) is 30.2 Å². The molecule has 0 spiro atoms. The van der Waals surface area contributed by atoms with E-state index in [-0.39, 0.29) is 18.1 Å². The summed E-state index contributed by atoms with van der Waals surface area (Å²) in [6.07, 6.45) is 0.742. The van der Waals surface area contributed by atoms with Crippen molar-refractivity contribution in [3.8, 4) is 22.7 Å². The Hall–Kier alpha value is -3.93. The van der Waals surface area contributed by atoms with Gasteiger partial charge in [0, 0.05) is 63.3 Å². The highest BCUT2D eigenvalue weighted by molar-refractivity contribution is 7.13. The molecule has 5 rings (SSSR count). The monoisotopic (exact) mass is 548 g/mol. The van der Waals surface area contributed by atoms with Crippen LogP contribution in [0.15, 0.2) is 64.8 Å². The van der Waals surface area contributed by atoms with Gasteiger partial charge in [0.25, 0.3) is 5.91 Å². The average Bonchev–Trinajstić information content (AvgIpc) is 3.51. The number of methoxy groups -OCH3 is 1. The zero-order chi connectivity index (χ0) is 27.2. The third-order valence-corrected chi connectivity index (χ3v) is 7.24. The lowest BCUT2D eigenvalue weighted by atomic mass is 10.1. The van der Waals surface area contributed by atoms with Gasteiger partial charge in [-0.2, -0.15) is 0 Å². The van der Waals surface area contributed by atoms with Gasteiger partial charge in [-0.25, -0.2) is 9.78 Å². The normalized spacial score (nSPS) is 13.5. The van der Waals surface area contributed by atoms with Crippen molar-refractivity contribution >= 4 is 22.4 Å². The minimum Gasteiger partial charge on any atom is -0.493 e. The van der Waals surface area contributed by atoms with E-state index in [1.165, 1.54) is 15.9 Å². The van der Waals surface area contributed by atoms with Crippen LogP contribution in [0.25, 0.3) is 16.9 Å². The Bertz CT molecular complexity index is 1470. The number of anilines is 1. The Morgan fingerprint density at radius 2 is 1.90 bits per heavy atom. The summed E-state index contributed by atoms with van der Waals surface area (Å²) in [7, 11) is 1.65. The van der Waals surface area contributed by atoms with Crippen LogP contribution in [0.5, 0.6) is 5.75 Å². The van der Waals surface area contributed by atoms with Crippen LogP contribution in [0.1, 0.15) is 22.6 Å². The first-order chi connectivity index (χ1) is 19.1. The van der Waals surface area contributed by atoms with Crippen LogP contribution in [0, 0.1) is 0 Å². The number of carbonyl (C=O) groups excluding carboxylic acids is 1. The SMILES string of the molecule is COCCCOc1cccc(-n2c(-c3ccccc3)c(C(=O)N3CCNCC3)n(Cc3csc(N)n3)c2=O)c1. The second kappa shape index (κ2) is 12.3. The van der Waals surface area contributed by atoms with Gasteiger partial charge in [-0.1, -0.05) is 36.4 Å². The van der Waals surface area contributed by atoms with Gasteiger partial charge in [-0.15, -0.1) is 11.3 Å². The maximum absolute atomic E-state index is 14.2. The maximum atomic E-state index is 14.2. The number of hydrogen-bond donors (Lipinski definition) is 2. The van der Waals surface area contributed by atoms with Gasteiger partial charge in [-0.05, 0) is 12.1 Å². The van der Waals surface area contributed by atoms with Crippen molar-refractivity contribution in [3.63, 3.8) is 0 Å². The molecule has 0 aliphatic carbocycles. The van der Waals surface area contributed by atoms with Crippen molar-refractivity contribution in [1.29, 1.82) is 0 Å². The van der Waals surface area contributed by atoms with E-state index in [4.69, 9.17) is 15.2 Å². The molecule has 0 radical (unpaired) electrons. The summed E-state index contributed by atoms with van der Waals surface area (Å²) in [5.41, 5.74) is 8.40. The lowest BCUT2D eigenvalue weighted by molar-refractivity contribution is 0.0725. The summed E-state index contributed by atoms with van der Waals surface area (Å²) in [5, 5.41) is 5.51. The van der Waals surface area contributed by atoms with E-state index in [1.54, 1.807) is 16.6 Å². The molecule has 0 unspecified atom stereocenters. The first-order valence-corrected chi connectivity index (χ1v) is 13.8. The number of ether oxygens (including phenoxy) is 2. The maximum Gasteiger partial charge on any atom is 0.334 e. The minimum absolute atomic E-state index is 0.125. The Morgan fingerprint density at radius 3 is 2.62 bits per heavy atom. The van der Waals surface area contributed by atoms with Gasteiger partial charge in [0.1, 0.15) is 11.4 Å². The van der Waals surface area contributed by atoms with E-state index in [1.807, 2.05) is 60.0 Å². The third-order valence-electron chi connectivity index (χ3n) is 6.52. The molecular weight excluding hydrogens is 516 g/mol. The fourth-order valence-corrected chi connectivity index (χ4v) is 5.25. The molecular formula is C28H32N6O4S. The molecule has 1 saturated heterocycles. The van der Waals surface area contributed by atoms with Gasteiger partial charge in [0.2, 0.25) is 0 Å². The Balaban J connectivity index is 1.68. The molecule has 0 atom stereocenters. The molecule has 2 aromatic carbocycles. The highest BCUT2D eigenvalue weighted by Crippen LogP contribution is 2.29. The number of benzene rings is 2. The number of amides is 1. The van der Waals surface area contributed by atoms with Gasteiger partial charge >= 0.3 is 5.69 Å². The molecule has 3 N–H and O–H groups in total. The number of thiazole rings is 1. The fourth-order valence-electron chi connectivity index (χ4n) is 4.69. The summed E-state index contributed by atoms with van der Waals surface area (Å²) >= 11 is 1.30. The second-order valence-corrected chi connectivity index (χ2v) is 10.1. The Labute approximate surface area is 230 Å². The highest BCUT2D eigenvalue weighted by Gasteiger charge is 2.31. The Kier molecular flexibility index (Phi) is 8.40. The summed E-state index contributed by atoms with van der Waals surface area (Å²) in [4.78, 5) is 34.5. The summed E-state index contributed by atoms with van der Waals surface area (Å²) in [6, 6.07) is 16.9. The quantitative estimate of drug-likeness (QED) is 0.293. The summed E-state index contributed by atoms with van der Waals surface area (Å²) < 4.78 is 14.2. The molecule has 1 amide bonds. The van der Waals surface area contributed by atoms with Gasteiger partial charge < -0.3 is 25.4 Å². The van der Waals surface area contributed by atoms with Crippen molar-refractivity contribution in [1.82, 2.24) is 24.3 Å². The van der Waals surface area contributed by atoms with Crippen LogP contribution in [-0.2, 0) is 11.3 Å². The van der Waals surface area contributed by atoms with Crippen molar-refractivity contribution in [2.75, 3.05) is 52.2 Å². The van der Waals surface area contributed by atoms with Gasteiger partial charge in [0.15, 0.2) is 5.13 Å². The minimum atomic E-state index is -0.338. The molecule has 39 heavy (non-hydrogen) atoms. The van der Waals surface area contributed by atoms with Crippen molar-refractivity contribution in [2.24, 2.45) is 0 Å². The number of nitrogen functional groups attached to an aromatic ring is 1. The molecule has 204 valence electrons. The number of nitrogens with two attached hydrogens (primary N) is 1. The number of nitrogens with one attached hydrogen (secondary N) is 1. The molecule has 1 aliphatic heterocycles. The summed E-state index contributed by atoms with van der Waals surface area (Å²) in [6.45, 7) is 3.71. The Morgan fingerprint density at radius 1 is 1.10 bits per heavy atom. The predicted octanol–water partition coefficient (Wildman–Crippen LogP) is 2.85. The van der Waals surface area contributed by atoms with Crippen molar-refractivity contribution < 1.29 is 14.3 Å². The molecule has 0 saturated carbocycles. The van der Waals surface area contributed by atoms with E-state index >= 15 is 0 Å². The van der Waals surface area contributed by atoms with Crippen molar-refractivity contribution in [2.45, 2.75) is 13.0 Å². The molecule has 1 fully saturated rings. The van der Waals surface area contributed by atoms with Crippen molar-refractivity contribution in [3.05, 3.63) is 81.8 Å². The number of imidazole rings is 1. The van der Waals surface area contributed by atoms with E-state index in [9.17, 15) is 9.59 Å². The molecule has 10 nitrogen and oxygen atoms in total. The van der Waals surface area contributed by atoms with E-state index in [2.05, 4.69) is 10.3 Å². The zero-order valence-corrected chi connectivity index (χ0v) is 22.7. The van der Waals surface area contributed by atoms with E-state index < -0.39 is 0 Å². The largest absolute Gasteiger partial charge is 0.493 e. The standard InChI is InChI=1S/C28H32N6O4S/c1-37-15-6-16-38-23-10-5-9-22(17-23)34-24(20-7-3-2-4-8-20)25(26(35)32-13-11-30-12-14-32)33(28(34)36)18-21-19-39-27(29)31-21/h2-5,7-10,17,19,30H,6,11-16,18H2,1H3,(H2,29,31). The van der Waals surface area contributed by atoms with E-state index in [0.717, 1.165) is 12.0 Å². The van der Waals surface area contributed by atoms with E-state index in [0.29, 0.717) is 73.0 Å². The lowest BCUT2D eigenvalue weighted by Gasteiger charge is -2.28. The molecule has 11 heteroatoms. The zero-order valence-electron chi connectivity index (χ0n) is 21.8. The first-order valence-electron chi connectivity index (χ1n) is 12.9. The number of aromatic nitrogens is 3. The average molecular weight is 549 g/mol. The molecule has 2 aromatic heterocycles. The predicted molar refractivity (Wildman–Crippen MR) is 152 cm³/mol. The number of nitrogens with zero attached hydrogens (tertiary/aromatic N) is 4. The molecule has 3 heterocycles. The molecule has 4 aromatic rings. The number of hydrogen-bond acceptors (Lipinski definition) is 8. The molecule has 0 bridgehead atoms. The fraction of sp³-hybridized carbons (Fsp3) is 0.321. The van der Waals surface area contributed by atoms with Crippen LogP contribution in [0.2, 0.25) is 0 Å². The number of rotatable bonds is 10. The van der Waals surface area contributed by atoms with Crippen LogP contribution >= 0.6 is 11.3 Å². The lowest BCUT2D eigenvalue weighted by Crippen LogP contribution is -2.47. The number of carbonyl (C=O) groups is 1. The smallest absolute Gasteiger partial charge is 0.334 e. The third kappa shape index (κ3) is 5.90. The van der Waals surface area contributed by atoms with Gasteiger partial charge in [-0.3, -0.25) is 13.9 Å². The topological polar surface area (TPSA) is 117 Å². The number of piperazine rings is 1. The molecule has 1 aliphatic rings. The van der Waals surface area contributed by atoms with Crippen LogP contribution in [0.4, 0.5) is 5.13 Å². The van der Waals surface area contributed by atoms with Crippen LogP contribution in [0.3, 0.4) is 0 Å². The first kappa shape index (κ1) is 26.7. The van der Waals surface area contributed by atoms with Crippen LogP contribution < -0.4 is 21.5 Å². The summed E-state index contributed by atoms with van der Waals surface area (Å²) in [5.74, 6) is 0.436. The van der Waals surface area contributed by atoms with Crippen LogP contribution in [-0.4, -0.2) is 71.4 Å². The second-order valence-electron chi connectivity index (χ2n) is 9.18. The highest BCUT2D eigenvalue weighted by atomic mass is 32.1.